The van der Waals surface area contributed by atoms with E-state index in [1.54, 1.807) is 12.1 Å². The number of aromatic nitrogens is 1. The molecule has 3 nitrogen and oxygen atoms in total. The Kier molecular flexibility index (Phi) is 3.57. The molecular formula is C16H19FN2O. The second kappa shape index (κ2) is 5.37. The highest BCUT2D eigenvalue weighted by atomic mass is 19.1. The van der Waals surface area contributed by atoms with Gasteiger partial charge in [-0.25, -0.2) is 4.39 Å². The van der Waals surface area contributed by atoms with Gasteiger partial charge in [0, 0.05) is 18.2 Å². The number of nitrogens with zero attached hydrogens (tertiary/aromatic N) is 1. The molecular weight excluding hydrogens is 255 g/mol. The number of benzene rings is 1. The van der Waals surface area contributed by atoms with Crippen molar-refractivity contribution in [2.45, 2.75) is 45.2 Å². The van der Waals surface area contributed by atoms with E-state index < -0.39 is 0 Å². The molecule has 1 fully saturated rings. The molecule has 1 N–H and O–H groups in total. The van der Waals surface area contributed by atoms with E-state index in [-0.39, 0.29) is 5.82 Å². The van der Waals surface area contributed by atoms with Crippen LogP contribution >= 0.6 is 0 Å². The van der Waals surface area contributed by atoms with Crippen molar-refractivity contribution >= 4 is 0 Å². The van der Waals surface area contributed by atoms with Crippen LogP contribution < -0.4 is 5.32 Å². The van der Waals surface area contributed by atoms with Gasteiger partial charge in [-0.1, -0.05) is 17.3 Å². The molecule has 1 aromatic carbocycles. The summed E-state index contributed by atoms with van der Waals surface area (Å²) in [5.41, 5.74) is 3.22. The van der Waals surface area contributed by atoms with Gasteiger partial charge in [0.1, 0.15) is 11.6 Å². The molecule has 1 aromatic heterocycles. The van der Waals surface area contributed by atoms with Crippen molar-refractivity contribution in [3.05, 3.63) is 52.7 Å². The van der Waals surface area contributed by atoms with Gasteiger partial charge < -0.3 is 9.84 Å². The summed E-state index contributed by atoms with van der Waals surface area (Å²) in [7, 11) is 0. The predicted molar refractivity (Wildman–Crippen MR) is 75.0 cm³/mol. The first-order valence-electron chi connectivity index (χ1n) is 7.04. The third-order valence-electron chi connectivity index (χ3n) is 4.21. The first-order valence-corrected chi connectivity index (χ1v) is 7.04. The fraction of sp³-hybridized carbons (Fsp3) is 0.438. The Labute approximate surface area is 118 Å². The molecule has 0 amide bonds. The monoisotopic (exact) mass is 274 g/mol. The van der Waals surface area contributed by atoms with Crippen molar-refractivity contribution in [1.29, 1.82) is 0 Å². The van der Waals surface area contributed by atoms with Gasteiger partial charge in [0.2, 0.25) is 0 Å². The number of hydrogen-bond donors (Lipinski definition) is 1. The topological polar surface area (TPSA) is 38.1 Å². The molecule has 1 saturated carbocycles. The molecule has 0 aliphatic heterocycles. The summed E-state index contributed by atoms with van der Waals surface area (Å²) in [6, 6.07) is 7.44. The largest absolute Gasteiger partial charge is 0.361 e. The van der Waals surface area contributed by atoms with E-state index in [4.69, 9.17) is 4.52 Å². The second-order valence-corrected chi connectivity index (χ2v) is 5.60. The smallest absolute Gasteiger partial charge is 0.138 e. The average molecular weight is 274 g/mol. The highest BCUT2D eigenvalue weighted by Gasteiger charge is 2.30. The first-order chi connectivity index (χ1) is 9.63. The zero-order valence-corrected chi connectivity index (χ0v) is 11.8. The van der Waals surface area contributed by atoms with Crippen LogP contribution in [0.15, 0.2) is 28.8 Å². The van der Waals surface area contributed by atoms with Crippen LogP contribution in [0, 0.1) is 19.7 Å². The van der Waals surface area contributed by atoms with Crippen LogP contribution in [-0.2, 0) is 6.54 Å². The molecule has 1 heterocycles. The molecule has 0 radical (unpaired) electrons. The summed E-state index contributed by atoms with van der Waals surface area (Å²) in [4.78, 5) is 0. The maximum atomic E-state index is 13.2. The van der Waals surface area contributed by atoms with Crippen LogP contribution in [0.5, 0.6) is 0 Å². The van der Waals surface area contributed by atoms with Gasteiger partial charge in [-0.3, -0.25) is 0 Å². The molecule has 0 spiro atoms. The number of hydrogen-bond acceptors (Lipinski definition) is 3. The van der Waals surface area contributed by atoms with Gasteiger partial charge in [-0.15, -0.1) is 0 Å². The van der Waals surface area contributed by atoms with E-state index in [1.807, 2.05) is 19.9 Å². The number of aryl methyl sites for hydroxylation is 2. The fourth-order valence-electron chi connectivity index (χ4n) is 2.82. The van der Waals surface area contributed by atoms with Gasteiger partial charge in [0.05, 0.1) is 5.69 Å². The molecule has 3 rings (SSSR count). The van der Waals surface area contributed by atoms with Gasteiger partial charge in [0.15, 0.2) is 0 Å². The summed E-state index contributed by atoms with van der Waals surface area (Å²) < 4.78 is 18.3. The highest BCUT2D eigenvalue weighted by Crippen LogP contribution is 2.37. The predicted octanol–water partition coefficient (Wildman–Crippen LogP) is 3.47. The van der Waals surface area contributed by atoms with E-state index in [2.05, 4.69) is 10.5 Å². The van der Waals surface area contributed by atoms with Crippen molar-refractivity contribution < 1.29 is 8.91 Å². The summed E-state index contributed by atoms with van der Waals surface area (Å²) in [6.07, 6.45) is 2.12. The van der Waals surface area contributed by atoms with E-state index in [0.29, 0.717) is 12.0 Å². The molecule has 106 valence electrons. The van der Waals surface area contributed by atoms with E-state index >= 15 is 0 Å². The van der Waals surface area contributed by atoms with Crippen LogP contribution in [0.3, 0.4) is 0 Å². The van der Waals surface area contributed by atoms with Crippen molar-refractivity contribution in [2.75, 3.05) is 0 Å². The Bertz CT molecular complexity index is 583. The van der Waals surface area contributed by atoms with Crippen LogP contribution in [0.2, 0.25) is 0 Å². The average Bonchev–Trinajstić information content (AvgIpc) is 2.68. The minimum Gasteiger partial charge on any atom is -0.361 e. The van der Waals surface area contributed by atoms with Crippen molar-refractivity contribution in [1.82, 2.24) is 10.5 Å². The number of nitrogens with one attached hydrogen (secondary N) is 1. The number of rotatable bonds is 4. The van der Waals surface area contributed by atoms with Crippen LogP contribution in [0.4, 0.5) is 4.39 Å². The molecule has 0 saturated heterocycles. The molecule has 0 atom stereocenters. The normalized spacial score (nSPS) is 21.8. The van der Waals surface area contributed by atoms with Crippen molar-refractivity contribution in [2.24, 2.45) is 0 Å². The zero-order chi connectivity index (χ0) is 14.1. The van der Waals surface area contributed by atoms with Gasteiger partial charge >= 0.3 is 0 Å². The van der Waals surface area contributed by atoms with Gasteiger partial charge in [0.25, 0.3) is 0 Å². The Morgan fingerprint density at radius 1 is 1.35 bits per heavy atom. The fourth-order valence-corrected chi connectivity index (χ4v) is 2.82. The minimum atomic E-state index is -0.144. The lowest BCUT2D eigenvalue weighted by Gasteiger charge is -2.36. The Morgan fingerprint density at radius 3 is 2.80 bits per heavy atom. The zero-order valence-electron chi connectivity index (χ0n) is 11.8. The molecule has 1 aliphatic carbocycles. The summed E-state index contributed by atoms with van der Waals surface area (Å²) >= 11 is 0. The molecule has 0 bridgehead atoms. The lowest BCUT2D eigenvalue weighted by molar-refractivity contribution is 0.288. The summed E-state index contributed by atoms with van der Waals surface area (Å²) in [5.74, 6) is 1.22. The van der Waals surface area contributed by atoms with E-state index in [0.717, 1.165) is 42.0 Å². The lowest BCUT2D eigenvalue weighted by atomic mass is 9.76. The molecule has 2 aromatic rings. The van der Waals surface area contributed by atoms with E-state index in [1.165, 1.54) is 6.07 Å². The summed E-state index contributed by atoms with van der Waals surface area (Å²) in [6.45, 7) is 4.69. The maximum Gasteiger partial charge on any atom is 0.138 e. The Hall–Kier alpha value is -1.68. The minimum absolute atomic E-state index is 0.144. The molecule has 4 heteroatoms. The van der Waals surface area contributed by atoms with Gasteiger partial charge in [-0.05, 0) is 50.3 Å². The quantitative estimate of drug-likeness (QED) is 0.927. The molecule has 20 heavy (non-hydrogen) atoms. The first kappa shape index (κ1) is 13.3. The number of halogens is 1. The summed E-state index contributed by atoms with van der Waals surface area (Å²) in [5, 5.41) is 7.48. The second-order valence-electron chi connectivity index (χ2n) is 5.60. The molecule has 1 aliphatic rings. The van der Waals surface area contributed by atoms with Crippen LogP contribution in [0.25, 0.3) is 0 Å². The maximum absolute atomic E-state index is 13.2. The standard InChI is InChI=1S/C16H19FN2O/c1-10-16(11(2)20-19-10)9-18-15-7-13(8-15)12-4-3-5-14(17)6-12/h3-6,13,15,18H,7-9H2,1-2H3. The third-order valence-corrected chi connectivity index (χ3v) is 4.21. The van der Waals surface area contributed by atoms with Crippen molar-refractivity contribution in [3.8, 4) is 0 Å². The highest BCUT2D eigenvalue weighted by molar-refractivity contribution is 5.24. The van der Waals surface area contributed by atoms with Crippen molar-refractivity contribution in [3.63, 3.8) is 0 Å². The van der Waals surface area contributed by atoms with Crippen LogP contribution in [0.1, 0.15) is 41.3 Å². The Morgan fingerprint density at radius 2 is 2.15 bits per heavy atom. The third kappa shape index (κ3) is 2.61. The molecule has 0 unspecified atom stereocenters. The SMILES string of the molecule is Cc1noc(C)c1CNC1CC(c2cccc(F)c2)C1. The van der Waals surface area contributed by atoms with Crippen LogP contribution in [-0.4, -0.2) is 11.2 Å². The lowest BCUT2D eigenvalue weighted by Crippen LogP contribution is -2.39. The van der Waals surface area contributed by atoms with Gasteiger partial charge in [-0.2, -0.15) is 0 Å². The van der Waals surface area contributed by atoms with E-state index in [9.17, 15) is 4.39 Å². The Balaban J connectivity index is 1.52.